The van der Waals surface area contributed by atoms with Gasteiger partial charge in [-0.15, -0.1) is 12.4 Å². The van der Waals surface area contributed by atoms with E-state index in [0.29, 0.717) is 24.4 Å². The largest absolute Gasteiger partial charge is 0.489 e. The van der Waals surface area contributed by atoms with Gasteiger partial charge in [0, 0.05) is 18.1 Å². The summed E-state index contributed by atoms with van der Waals surface area (Å²) in [5.41, 5.74) is 1.13. The van der Waals surface area contributed by atoms with E-state index in [-0.39, 0.29) is 31.0 Å². The Kier molecular flexibility index (Phi) is 7.18. The second kappa shape index (κ2) is 9.80. The highest BCUT2D eigenvalue weighted by molar-refractivity contribution is 5.85. The van der Waals surface area contributed by atoms with E-state index in [4.69, 9.17) is 9.47 Å². The van der Waals surface area contributed by atoms with Gasteiger partial charge in [0.05, 0.1) is 0 Å². The fourth-order valence-corrected chi connectivity index (χ4v) is 3.97. The van der Waals surface area contributed by atoms with Gasteiger partial charge >= 0.3 is 0 Å². The molecule has 2 atom stereocenters. The Balaban J connectivity index is 0.00000225. The van der Waals surface area contributed by atoms with Crippen molar-refractivity contribution in [2.75, 3.05) is 6.61 Å². The zero-order valence-electron chi connectivity index (χ0n) is 15.8. The second-order valence-corrected chi connectivity index (χ2v) is 7.41. The molecule has 0 spiro atoms. The normalized spacial score (nSPS) is 22.8. The topological polar surface area (TPSA) is 59.6 Å². The van der Waals surface area contributed by atoms with Crippen molar-refractivity contribution in [2.45, 2.75) is 50.4 Å². The molecule has 2 aromatic rings. The SMILES string of the molecule is Cl.O=C(COc1ccc(OCc2ccccc2)cc1)NC1CC2CCC(C1)N2. The molecular weight excluding hydrogens is 376 g/mol. The maximum atomic E-state index is 12.2. The number of amides is 1. The van der Waals surface area contributed by atoms with E-state index in [1.165, 1.54) is 12.8 Å². The smallest absolute Gasteiger partial charge is 0.258 e. The standard InChI is InChI=1S/C22H26N2O3.ClH/c25-22(24-19-12-17-6-7-18(13-19)23-17)15-27-21-10-8-20(9-11-21)26-14-16-4-2-1-3-5-16;/h1-5,8-11,17-19,23H,6-7,12-15H2,(H,24,25);1H. The molecule has 2 aliphatic heterocycles. The number of carbonyl (C=O) groups is 1. The van der Waals surface area contributed by atoms with Gasteiger partial charge in [0.25, 0.3) is 5.91 Å². The van der Waals surface area contributed by atoms with Crippen molar-refractivity contribution in [3.63, 3.8) is 0 Å². The van der Waals surface area contributed by atoms with E-state index in [9.17, 15) is 4.79 Å². The van der Waals surface area contributed by atoms with Crippen LogP contribution in [0.3, 0.4) is 0 Å². The molecule has 2 aromatic carbocycles. The third-order valence-corrected chi connectivity index (χ3v) is 5.28. The lowest BCUT2D eigenvalue weighted by Crippen LogP contribution is -2.48. The van der Waals surface area contributed by atoms with Crippen LogP contribution in [0.25, 0.3) is 0 Å². The van der Waals surface area contributed by atoms with Gasteiger partial charge in [0.15, 0.2) is 6.61 Å². The molecule has 0 saturated carbocycles. The summed E-state index contributed by atoms with van der Waals surface area (Å²) in [5.74, 6) is 1.40. The van der Waals surface area contributed by atoms with Crippen molar-refractivity contribution in [1.82, 2.24) is 10.6 Å². The van der Waals surface area contributed by atoms with Gasteiger partial charge in [0.1, 0.15) is 18.1 Å². The quantitative estimate of drug-likeness (QED) is 0.744. The molecule has 2 saturated heterocycles. The molecule has 6 heteroatoms. The van der Waals surface area contributed by atoms with Gasteiger partial charge in [-0.05, 0) is 55.5 Å². The zero-order valence-corrected chi connectivity index (χ0v) is 16.6. The van der Waals surface area contributed by atoms with Crippen LogP contribution in [0.4, 0.5) is 0 Å². The van der Waals surface area contributed by atoms with Crippen molar-refractivity contribution in [3.8, 4) is 11.5 Å². The van der Waals surface area contributed by atoms with E-state index in [1.54, 1.807) is 0 Å². The number of benzene rings is 2. The molecule has 5 nitrogen and oxygen atoms in total. The van der Waals surface area contributed by atoms with Gasteiger partial charge < -0.3 is 20.1 Å². The number of fused-ring (bicyclic) bond motifs is 2. The van der Waals surface area contributed by atoms with Crippen LogP contribution in [0.1, 0.15) is 31.2 Å². The zero-order chi connectivity index (χ0) is 18.5. The average Bonchev–Trinajstić information content (AvgIpc) is 3.04. The molecule has 2 N–H and O–H groups in total. The van der Waals surface area contributed by atoms with Crippen molar-refractivity contribution < 1.29 is 14.3 Å². The highest BCUT2D eigenvalue weighted by Gasteiger charge is 2.33. The van der Waals surface area contributed by atoms with Gasteiger partial charge in [-0.25, -0.2) is 0 Å². The van der Waals surface area contributed by atoms with E-state index in [2.05, 4.69) is 10.6 Å². The summed E-state index contributed by atoms with van der Waals surface area (Å²) in [6.45, 7) is 0.575. The number of ether oxygens (including phenoxy) is 2. The Morgan fingerprint density at radius 1 is 0.929 bits per heavy atom. The number of hydrogen-bond donors (Lipinski definition) is 2. The molecule has 4 rings (SSSR count). The monoisotopic (exact) mass is 402 g/mol. The summed E-state index contributed by atoms with van der Waals surface area (Å²) in [6.07, 6.45) is 4.50. The number of carbonyl (C=O) groups excluding carboxylic acids is 1. The summed E-state index contributed by atoms with van der Waals surface area (Å²) in [6, 6.07) is 18.8. The molecule has 2 aliphatic rings. The highest BCUT2D eigenvalue weighted by atomic mass is 35.5. The summed E-state index contributed by atoms with van der Waals surface area (Å²) >= 11 is 0. The van der Waals surface area contributed by atoms with Crippen molar-refractivity contribution in [2.24, 2.45) is 0 Å². The maximum absolute atomic E-state index is 12.2. The number of rotatable bonds is 7. The molecular formula is C22H27ClN2O3. The van der Waals surface area contributed by atoms with Crippen LogP contribution in [0.15, 0.2) is 54.6 Å². The Bertz CT molecular complexity index is 742. The average molecular weight is 403 g/mol. The van der Waals surface area contributed by atoms with Gasteiger partial charge in [-0.1, -0.05) is 30.3 Å². The molecule has 2 heterocycles. The first-order valence-electron chi connectivity index (χ1n) is 9.69. The lowest BCUT2D eigenvalue weighted by atomic mass is 10.00. The number of piperidine rings is 1. The number of halogens is 1. The Labute approximate surface area is 172 Å². The van der Waals surface area contributed by atoms with Gasteiger partial charge in [-0.3, -0.25) is 4.79 Å². The Morgan fingerprint density at radius 3 is 2.18 bits per heavy atom. The van der Waals surface area contributed by atoms with Crippen LogP contribution in [0, 0.1) is 0 Å². The first-order chi connectivity index (χ1) is 13.2. The van der Waals surface area contributed by atoms with Crippen LogP contribution in [0.5, 0.6) is 11.5 Å². The summed E-state index contributed by atoms with van der Waals surface area (Å²) < 4.78 is 11.4. The van der Waals surface area contributed by atoms with E-state index in [0.717, 1.165) is 24.2 Å². The minimum atomic E-state index is -0.0503. The predicted octanol–water partition coefficient (Wildman–Crippen LogP) is 3.47. The van der Waals surface area contributed by atoms with E-state index in [1.807, 2.05) is 54.6 Å². The van der Waals surface area contributed by atoms with Crippen molar-refractivity contribution in [1.29, 1.82) is 0 Å². The molecule has 150 valence electrons. The first-order valence-corrected chi connectivity index (χ1v) is 9.69. The number of nitrogens with one attached hydrogen (secondary N) is 2. The maximum Gasteiger partial charge on any atom is 0.258 e. The second-order valence-electron chi connectivity index (χ2n) is 7.41. The summed E-state index contributed by atoms with van der Waals surface area (Å²) in [4.78, 5) is 12.2. The molecule has 2 unspecified atom stereocenters. The van der Waals surface area contributed by atoms with E-state index >= 15 is 0 Å². The van der Waals surface area contributed by atoms with Crippen LogP contribution in [-0.4, -0.2) is 30.6 Å². The third kappa shape index (κ3) is 5.63. The molecule has 0 aliphatic carbocycles. The molecule has 2 bridgehead atoms. The molecule has 0 radical (unpaired) electrons. The van der Waals surface area contributed by atoms with Gasteiger partial charge in [0.2, 0.25) is 0 Å². The van der Waals surface area contributed by atoms with Crippen LogP contribution >= 0.6 is 12.4 Å². The lowest BCUT2D eigenvalue weighted by Gasteiger charge is -2.29. The first kappa shape index (κ1) is 20.5. The minimum Gasteiger partial charge on any atom is -0.489 e. The fourth-order valence-electron chi connectivity index (χ4n) is 3.97. The van der Waals surface area contributed by atoms with Crippen molar-refractivity contribution in [3.05, 3.63) is 60.2 Å². The Morgan fingerprint density at radius 2 is 1.54 bits per heavy atom. The Hall–Kier alpha value is -2.24. The van der Waals surface area contributed by atoms with Crippen LogP contribution in [-0.2, 0) is 11.4 Å². The fraction of sp³-hybridized carbons (Fsp3) is 0.409. The van der Waals surface area contributed by atoms with Crippen LogP contribution in [0.2, 0.25) is 0 Å². The summed E-state index contributed by atoms with van der Waals surface area (Å²) in [7, 11) is 0. The molecule has 1 amide bonds. The van der Waals surface area contributed by atoms with Gasteiger partial charge in [-0.2, -0.15) is 0 Å². The van der Waals surface area contributed by atoms with Crippen molar-refractivity contribution >= 4 is 18.3 Å². The lowest BCUT2D eigenvalue weighted by molar-refractivity contribution is -0.124. The number of hydrogen-bond acceptors (Lipinski definition) is 4. The van der Waals surface area contributed by atoms with Crippen LogP contribution < -0.4 is 20.1 Å². The van der Waals surface area contributed by atoms with E-state index < -0.39 is 0 Å². The summed E-state index contributed by atoms with van der Waals surface area (Å²) in [5, 5.41) is 6.69. The predicted molar refractivity (Wildman–Crippen MR) is 111 cm³/mol. The molecule has 2 fully saturated rings. The highest BCUT2D eigenvalue weighted by Crippen LogP contribution is 2.26. The molecule has 28 heavy (non-hydrogen) atoms. The minimum absolute atomic E-state index is 0. The third-order valence-electron chi connectivity index (χ3n) is 5.28. The molecule has 0 aromatic heterocycles.